The summed E-state index contributed by atoms with van der Waals surface area (Å²) in [7, 11) is -2.89. The van der Waals surface area contributed by atoms with Gasteiger partial charge in [-0.1, -0.05) is 11.6 Å². The Balaban J connectivity index is 2.50. The number of aryl methyl sites for hydroxylation is 1. The molecule has 10 heteroatoms. The fourth-order valence-electron chi connectivity index (χ4n) is 1.62. The molecule has 0 saturated carbocycles. The Morgan fingerprint density at radius 2 is 1.95 bits per heavy atom. The minimum atomic E-state index is -4.85. The highest BCUT2D eigenvalue weighted by Gasteiger charge is 2.37. The third-order valence-electron chi connectivity index (χ3n) is 2.49. The van der Waals surface area contributed by atoms with Gasteiger partial charge < -0.3 is 0 Å². The van der Waals surface area contributed by atoms with Crippen LogP contribution in [0.2, 0.25) is 5.02 Å². The van der Waals surface area contributed by atoms with Crippen LogP contribution in [-0.4, -0.2) is 18.2 Å². The lowest BCUT2D eigenvalue weighted by Gasteiger charge is -2.13. The van der Waals surface area contributed by atoms with Gasteiger partial charge in [0.05, 0.1) is 10.5 Å². The maximum absolute atomic E-state index is 12.9. The number of hydrogen-bond donors (Lipinski definition) is 1. The molecule has 1 N–H and O–H groups in total. The van der Waals surface area contributed by atoms with Crippen LogP contribution in [0.5, 0.6) is 0 Å². The highest BCUT2D eigenvalue weighted by atomic mass is 35.5. The molecule has 0 aliphatic heterocycles. The molecule has 1 heterocycles. The first kappa shape index (κ1) is 15.6. The standard InChI is InChI=1S/C11H9ClF3N3O2S/c1-18-5-4-10(16-18)17-21(19,20)9-3-2-7(12)6-8(9)11(13,14)15/h2-6H,1H3,(H,16,17). The van der Waals surface area contributed by atoms with Crippen LogP contribution in [0.4, 0.5) is 19.0 Å². The Hall–Kier alpha value is -1.74. The third-order valence-corrected chi connectivity index (χ3v) is 4.14. The van der Waals surface area contributed by atoms with Crippen LogP contribution in [0.15, 0.2) is 35.4 Å². The molecule has 2 aromatic rings. The minimum Gasteiger partial charge on any atom is -0.274 e. The van der Waals surface area contributed by atoms with Crippen molar-refractivity contribution in [3.8, 4) is 0 Å². The highest BCUT2D eigenvalue weighted by Crippen LogP contribution is 2.36. The first-order valence-electron chi connectivity index (χ1n) is 5.49. The normalized spacial score (nSPS) is 12.4. The van der Waals surface area contributed by atoms with Crippen LogP contribution in [0.1, 0.15) is 5.56 Å². The summed E-state index contributed by atoms with van der Waals surface area (Å²) >= 11 is 5.51. The van der Waals surface area contributed by atoms with E-state index in [0.717, 1.165) is 12.1 Å². The molecule has 0 fully saturated rings. The molecule has 21 heavy (non-hydrogen) atoms. The van der Waals surface area contributed by atoms with E-state index in [-0.39, 0.29) is 10.8 Å². The smallest absolute Gasteiger partial charge is 0.274 e. The zero-order valence-corrected chi connectivity index (χ0v) is 12.1. The Bertz CT molecular complexity index is 771. The molecule has 0 spiro atoms. The molecule has 2 rings (SSSR count). The van der Waals surface area contributed by atoms with E-state index in [4.69, 9.17) is 11.6 Å². The average Bonchev–Trinajstić information content (AvgIpc) is 2.72. The van der Waals surface area contributed by atoms with E-state index in [0.29, 0.717) is 6.07 Å². The summed E-state index contributed by atoms with van der Waals surface area (Å²) in [6.07, 6.45) is -3.40. The predicted molar refractivity (Wildman–Crippen MR) is 70.5 cm³/mol. The van der Waals surface area contributed by atoms with Crippen molar-refractivity contribution in [1.82, 2.24) is 9.78 Å². The summed E-state index contributed by atoms with van der Waals surface area (Å²) in [6, 6.07) is 3.76. The molecular formula is C11H9ClF3N3O2S. The molecular weight excluding hydrogens is 331 g/mol. The van der Waals surface area contributed by atoms with Crippen molar-refractivity contribution >= 4 is 27.4 Å². The Kier molecular flexibility index (Phi) is 3.89. The van der Waals surface area contributed by atoms with Crippen LogP contribution in [0, 0.1) is 0 Å². The van der Waals surface area contributed by atoms with Crippen molar-refractivity contribution in [2.75, 3.05) is 4.72 Å². The van der Waals surface area contributed by atoms with Crippen molar-refractivity contribution in [3.63, 3.8) is 0 Å². The summed E-state index contributed by atoms with van der Waals surface area (Å²) < 4.78 is 66.3. The van der Waals surface area contributed by atoms with Gasteiger partial charge in [-0.3, -0.25) is 9.40 Å². The van der Waals surface area contributed by atoms with Crippen molar-refractivity contribution in [2.45, 2.75) is 11.1 Å². The number of aromatic nitrogens is 2. The van der Waals surface area contributed by atoms with Gasteiger partial charge in [-0.25, -0.2) is 8.42 Å². The molecule has 1 aromatic heterocycles. The number of hydrogen-bond acceptors (Lipinski definition) is 3. The lowest BCUT2D eigenvalue weighted by Crippen LogP contribution is -2.19. The molecule has 0 bridgehead atoms. The predicted octanol–water partition coefficient (Wildman–Crippen LogP) is 2.89. The number of anilines is 1. The van der Waals surface area contributed by atoms with Crippen LogP contribution in [-0.2, 0) is 23.2 Å². The molecule has 0 aliphatic rings. The topological polar surface area (TPSA) is 64.0 Å². The van der Waals surface area contributed by atoms with Gasteiger partial charge in [-0.2, -0.15) is 18.3 Å². The van der Waals surface area contributed by atoms with Gasteiger partial charge in [0.15, 0.2) is 5.82 Å². The fraction of sp³-hybridized carbons (Fsp3) is 0.182. The van der Waals surface area contributed by atoms with Crippen molar-refractivity contribution in [1.29, 1.82) is 0 Å². The number of benzene rings is 1. The zero-order valence-electron chi connectivity index (χ0n) is 10.5. The maximum atomic E-state index is 12.9. The molecule has 0 atom stereocenters. The molecule has 0 amide bonds. The van der Waals surface area contributed by atoms with Gasteiger partial charge in [0.1, 0.15) is 0 Å². The lowest BCUT2D eigenvalue weighted by atomic mass is 10.2. The van der Waals surface area contributed by atoms with Crippen LogP contribution < -0.4 is 4.72 Å². The van der Waals surface area contributed by atoms with Gasteiger partial charge >= 0.3 is 6.18 Å². The van der Waals surface area contributed by atoms with Crippen LogP contribution >= 0.6 is 11.6 Å². The zero-order chi connectivity index (χ0) is 15.8. The second kappa shape index (κ2) is 5.23. The summed E-state index contributed by atoms with van der Waals surface area (Å²) in [5.41, 5.74) is -1.33. The van der Waals surface area contributed by atoms with E-state index in [9.17, 15) is 21.6 Å². The summed E-state index contributed by atoms with van der Waals surface area (Å²) in [6.45, 7) is 0. The van der Waals surface area contributed by atoms with Crippen LogP contribution in [0.25, 0.3) is 0 Å². The molecule has 0 saturated heterocycles. The van der Waals surface area contributed by atoms with E-state index in [1.54, 1.807) is 7.05 Å². The van der Waals surface area contributed by atoms with Crippen molar-refractivity contribution < 1.29 is 21.6 Å². The number of nitrogens with zero attached hydrogens (tertiary/aromatic N) is 2. The molecule has 5 nitrogen and oxygen atoms in total. The monoisotopic (exact) mass is 339 g/mol. The number of alkyl halides is 3. The second-order valence-corrected chi connectivity index (χ2v) is 6.21. The van der Waals surface area contributed by atoms with Gasteiger partial charge in [-0.15, -0.1) is 0 Å². The number of rotatable bonds is 3. The van der Waals surface area contributed by atoms with Gasteiger partial charge in [0.25, 0.3) is 10.0 Å². The molecule has 0 aliphatic carbocycles. The fourth-order valence-corrected chi connectivity index (χ4v) is 3.00. The summed E-state index contributed by atoms with van der Waals surface area (Å²) in [5, 5.41) is 3.54. The van der Waals surface area contributed by atoms with E-state index in [1.807, 2.05) is 4.72 Å². The first-order valence-corrected chi connectivity index (χ1v) is 7.35. The largest absolute Gasteiger partial charge is 0.417 e. The number of sulfonamides is 1. The first-order chi connectivity index (χ1) is 9.59. The van der Waals surface area contributed by atoms with E-state index in [2.05, 4.69) is 5.10 Å². The maximum Gasteiger partial charge on any atom is 0.417 e. The van der Waals surface area contributed by atoms with E-state index >= 15 is 0 Å². The van der Waals surface area contributed by atoms with Crippen molar-refractivity contribution in [3.05, 3.63) is 41.0 Å². The lowest BCUT2D eigenvalue weighted by molar-refractivity contribution is -0.139. The SMILES string of the molecule is Cn1ccc(NS(=O)(=O)c2ccc(Cl)cc2C(F)(F)F)n1. The molecule has 114 valence electrons. The highest BCUT2D eigenvalue weighted by molar-refractivity contribution is 7.92. The average molecular weight is 340 g/mol. The van der Waals surface area contributed by atoms with E-state index < -0.39 is 26.7 Å². The minimum absolute atomic E-state index is 0.0828. The second-order valence-electron chi connectivity index (χ2n) is 4.12. The van der Waals surface area contributed by atoms with Crippen molar-refractivity contribution in [2.24, 2.45) is 7.05 Å². The Labute approximate surface area is 123 Å². The molecule has 0 radical (unpaired) electrons. The number of nitrogens with one attached hydrogen (secondary N) is 1. The van der Waals surface area contributed by atoms with E-state index in [1.165, 1.54) is 16.9 Å². The van der Waals surface area contributed by atoms with Gasteiger partial charge in [0, 0.05) is 24.3 Å². The molecule has 0 unspecified atom stereocenters. The number of halogens is 4. The molecule has 1 aromatic carbocycles. The van der Waals surface area contributed by atoms with Gasteiger partial charge in [-0.05, 0) is 18.2 Å². The summed E-state index contributed by atoms with van der Waals surface area (Å²) in [5.74, 6) is -0.0828. The van der Waals surface area contributed by atoms with Gasteiger partial charge in [0.2, 0.25) is 0 Å². The third kappa shape index (κ3) is 3.48. The Morgan fingerprint density at radius 1 is 1.29 bits per heavy atom. The summed E-state index contributed by atoms with van der Waals surface area (Å²) in [4.78, 5) is -0.912. The Morgan fingerprint density at radius 3 is 2.48 bits per heavy atom. The quantitative estimate of drug-likeness (QED) is 0.935. The van der Waals surface area contributed by atoms with Crippen LogP contribution in [0.3, 0.4) is 0 Å².